The molecular formula is C56H78ClK2N17O15Si. The molecule has 0 aromatic carbocycles. The molecule has 0 radical (unpaired) electrons. The van der Waals surface area contributed by atoms with E-state index in [4.69, 9.17) is 46.6 Å². The Bertz CT molecular complexity index is 4830. The number of aryl methyl sites for hydroxylation is 5. The van der Waals surface area contributed by atoms with Crippen molar-refractivity contribution in [2.24, 2.45) is 42.9 Å². The number of aromatic amines is 4. The van der Waals surface area contributed by atoms with Crippen LogP contribution in [0.5, 0.6) is 5.88 Å². The number of alkyl halides is 1. The number of aliphatic imine (C=N–C) groups is 3. The van der Waals surface area contributed by atoms with E-state index >= 15 is 0 Å². The number of Topliss-reactive ketones (excluding diaryl/α,β-unsaturated/α-hetero) is 3. The summed E-state index contributed by atoms with van der Waals surface area (Å²) < 4.78 is 122. The number of ketones is 3. The van der Waals surface area contributed by atoms with E-state index in [1.807, 2.05) is 13.1 Å². The summed E-state index contributed by atoms with van der Waals surface area (Å²) in [6.07, 6.45) is 7.55. The Labute approximate surface area is 640 Å². The Hall–Kier alpha value is -6.23. The van der Waals surface area contributed by atoms with Crippen molar-refractivity contribution in [3.8, 4) is 5.88 Å². The monoisotopic (exact) mass is 1380 g/mol. The van der Waals surface area contributed by atoms with Gasteiger partial charge in [0.1, 0.15) is 36.2 Å². The summed E-state index contributed by atoms with van der Waals surface area (Å²) in [6.45, 7) is -0.287. The number of nitrogens with one attached hydrogen (secondary N) is 4. The van der Waals surface area contributed by atoms with Crippen molar-refractivity contribution in [2.45, 2.75) is 145 Å². The first-order chi connectivity index (χ1) is 48.0. The Kier molecular flexibility index (Phi) is 26.9. The van der Waals surface area contributed by atoms with Crippen LogP contribution >= 0.6 is 11.6 Å². The first kappa shape index (κ1) is 60.7. The minimum absolute atomic E-state index is 0. The van der Waals surface area contributed by atoms with Gasteiger partial charge in [0.2, 0.25) is 14.2 Å². The van der Waals surface area contributed by atoms with Gasteiger partial charge in [-0.15, -0.1) is 11.6 Å². The number of carbonyl (C=O) groups is 4. The normalized spacial score (nSPS) is 14.5. The molecule has 0 atom stereocenters. The van der Waals surface area contributed by atoms with Crippen molar-refractivity contribution in [3.63, 3.8) is 0 Å². The predicted octanol–water partition coefficient (Wildman–Crippen LogP) is -3.54. The van der Waals surface area contributed by atoms with Crippen LogP contribution < -0.4 is 157 Å². The van der Waals surface area contributed by atoms with Crippen LogP contribution in [0, 0.1) is 6.92 Å². The number of hydrogen-bond donors (Lipinski definition) is 4. The molecule has 0 saturated carbocycles. The van der Waals surface area contributed by atoms with Crippen molar-refractivity contribution in [1.29, 1.82) is 0 Å². The van der Waals surface area contributed by atoms with Gasteiger partial charge >= 0.3 is 126 Å². The zero-order chi connectivity index (χ0) is 78.9. The van der Waals surface area contributed by atoms with Crippen LogP contribution in [0.15, 0.2) is 66.0 Å². The van der Waals surface area contributed by atoms with E-state index in [1.54, 1.807) is 19.4 Å². The summed E-state index contributed by atoms with van der Waals surface area (Å²) in [6, 6.07) is 0. The fourth-order valence-electron chi connectivity index (χ4n) is 7.70. The molecular weight excluding hydrogens is 1290 g/mol. The fourth-order valence-corrected chi connectivity index (χ4v) is 8.64. The first-order valence-corrected chi connectivity index (χ1v) is 30.6. The Balaban J connectivity index is 0.00000131. The quantitative estimate of drug-likeness (QED) is 0.0171. The maximum Gasteiger partial charge on any atom is 1.00 e. The predicted molar refractivity (Wildman–Crippen MR) is 341 cm³/mol. The van der Waals surface area contributed by atoms with Crippen molar-refractivity contribution in [1.82, 2.24) is 67.3 Å². The average molecular weight is 1390 g/mol. The molecule has 3 aliphatic heterocycles. The minimum Gasteiger partial charge on any atom is -1.00 e. The second-order valence-corrected chi connectivity index (χ2v) is 24.6. The van der Waals surface area contributed by atoms with Crippen molar-refractivity contribution >= 4 is 102 Å². The molecule has 490 valence electrons. The standard InChI is InChI=1S/2C13H18N4O3.C10H15N3OSi.C6H11ClO.2C6H5N3O2.CH2O3.CH4.2K.H/c2*1-9(18)6-4-5-7-17-12(19)10-11(14-8-15(10)2)16(3)13(17)20;1-7-12-9-8(5-6-11-9)10(13-7)14-15(2,3)4;1-6(8)4-2-3-5-7;2*10-5-3-1-2-7-4(3)8-6(11)9-5;2-1-4-3;;;;/h2*8H,4-7H2,1-3H3;6H,5H2,1-4H3;2-5H2,1H3;2*2H,1H2,(H2,8,9,10,11);1,3H;1H4;;;/q;;;;;;;;2*+1;-1/p-1/i2D3,3D3,6D2,8D;2D3,3D3;;;;;;;;;. The topological polar surface area (TPSA) is 428 Å². The number of unbranched alkanes of at least 4 members (excludes halogenated alkanes) is 2. The summed E-state index contributed by atoms with van der Waals surface area (Å²) in [4.78, 5) is 175. The molecule has 7 aromatic rings. The number of imidazole rings is 2. The maximum atomic E-state index is 12.8. The molecule has 0 bridgehead atoms. The summed E-state index contributed by atoms with van der Waals surface area (Å²) in [5, 5.41) is 8.43. The molecule has 32 nitrogen and oxygen atoms in total. The average Bonchev–Trinajstić information content (AvgIpc) is 1.55. The summed E-state index contributed by atoms with van der Waals surface area (Å²) >= 11 is 5.37. The Morgan fingerprint density at radius 3 is 1.61 bits per heavy atom. The summed E-state index contributed by atoms with van der Waals surface area (Å²) in [7, 11) is -1.61. The molecule has 36 heteroatoms. The number of hydrogen-bond acceptors (Lipinski definition) is 22. The third kappa shape index (κ3) is 25.2. The van der Waals surface area contributed by atoms with E-state index in [9.17, 15) is 52.7 Å². The molecule has 10 rings (SSSR count). The van der Waals surface area contributed by atoms with Crippen LogP contribution in [-0.4, -0.2) is 124 Å². The van der Waals surface area contributed by atoms with Gasteiger partial charge in [0.15, 0.2) is 28.1 Å². The number of nitrogens with zero attached hydrogens (tertiary/aromatic N) is 13. The largest absolute Gasteiger partial charge is 1.00 e. The van der Waals surface area contributed by atoms with E-state index in [0.717, 1.165) is 55.6 Å². The third-order valence-electron chi connectivity index (χ3n) is 11.7. The maximum absolute atomic E-state index is 12.8. The van der Waals surface area contributed by atoms with Crippen LogP contribution in [-0.2, 0) is 84.3 Å². The molecule has 0 unspecified atom stereocenters. The van der Waals surface area contributed by atoms with E-state index in [-0.39, 0.29) is 182 Å². The fraction of sp³-hybridized carbons (Fsp3) is 0.482. The molecule has 0 amide bonds. The van der Waals surface area contributed by atoms with Crippen molar-refractivity contribution in [2.75, 3.05) is 5.88 Å². The number of halogens is 1. The minimum atomic E-state index is -3.13. The number of fused-ring (bicyclic) bond motifs is 5. The van der Waals surface area contributed by atoms with Gasteiger partial charge in [-0.2, -0.15) is 4.98 Å². The van der Waals surface area contributed by atoms with Gasteiger partial charge in [-0.1, -0.05) is 7.43 Å². The molecule has 92 heavy (non-hydrogen) atoms. The number of rotatable bonds is 17. The second kappa shape index (κ2) is 40.8. The number of carbonyl (C=O) groups excluding carboxylic acids is 4. The number of aromatic nitrogens is 14. The zero-order valence-corrected chi connectivity index (χ0v) is 59.1. The van der Waals surface area contributed by atoms with Crippen molar-refractivity contribution in [3.05, 3.63) is 118 Å². The third-order valence-corrected chi connectivity index (χ3v) is 12.8. The second-order valence-electron chi connectivity index (χ2n) is 19.8. The smallest absolute Gasteiger partial charge is 1.00 e. The van der Waals surface area contributed by atoms with E-state index < -0.39 is 117 Å². The molecule has 7 aromatic heterocycles. The molecule has 0 aliphatic carbocycles. The van der Waals surface area contributed by atoms with Gasteiger partial charge in [-0.25, -0.2) is 49.1 Å². The van der Waals surface area contributed by atoms with E-state index in [1.165, 1.54) is 6.92 Å². The Morgan fingerprint density at radius 1 is 0.685 bits per heavy atom. The van der Waals surface area contributed by atoms with Crippen LogP contribution in [0.1, 0.15) is 130 Å². The van der Waals surface area contributed by atoms with Gasteiger partial charge in [0, 0.05) is 123 Å². The molecule has 4 N–H and O–H groups in total. The zero-order valence-electron chi connectivity index (χ0n) is 67.1. The van der Waals surface area contributed by atoms with Crippen molar-refractivity contribution < 1.29 is 159 Å². The summed E-state index contributed by atoms with van der Waals surface area (Å²) in [5.41, 5.74) is -6.60. The SMILES string of the molecule is C.CC(=O)CCCCCl.Cc1nc2c(c(O[Si](C)(C)C)n1)CC=N2.O=CO[O-].O=c1[nH]c2c(c(=O)[nH]1)CC=N2.O=c1[nH]c2c(c(=O)[nH]1)CC=N2.[2H]C([2H])([2H])n1cnc2c1c(=O)n(CCCCC(C)=O)c(=O)n2C([2H])([2H])[2H].[2H]c1nc2c(c(=O)n(CCCC([2H])([2H])C(C)=O)c(=O)n2C([2H])([2H])[2H])n1C([2H])([2H])[2H].[H-].[K+].[K+]. The molecule has 3 aliphatic rings. The molecule has 0 spiro atoms. The first-order valence-electron chi connectivity index (χ1n) is 34.2. The van der Waals surface area contributed by atoms with Crippen LogP contribution in [0.3, 0.4) is 0 Å². The van der Waals surface area contributed by atoms with Gasteiger partial charge in [-0.05, 0) is 85.9 Å². The molecule has 0 saturated heterocycles. The van der Waals surface area contributed by atoms with E-state index in [0.29, 0.717) is 72.6 Å². The van der Waals surface area contributed by atoms with Crippen LogP contribution in [0.25, 0.3) is 22.3 Å². The Morgan fingerprint density at radius 2 is 1.15 bits per heavy atom. The van der Waals surface area contributed by atoms with E-state index in [2.05, 4.69) is 79.4 Å². The molecule has 0 fully saturated rings. The van der Waals surface area contributed by atoms with Gasteiger partial charge in [0.25, 0.3) is 28.7 Å². The van der Waals surface area contributed by atoms with Gasteiger partial charge < -0.3 is 39.5 Å². The van der Waals surface area contributed by atoms with Crippen LogP contribution in [0.4, 0.5) is 17.5 Å². The van der Waals surface area contributed by atoms with Crippen LogP contribution in [0.2, 0.25) is 19.6 Å². The summed E-state index contributed by atoms with van der Waals surface area (Å²) in [5.74, 6) is 3.14. The van der Waals surface area contributed by atoms with Gasteiger partial charge in [-0.3, -0.25) is 62.2 Å². The molecule has 10 heterocycles. The van der Waals surface area contributed by atoms with Gasteiger partial charge in [0.05, 0.1) is 29.3 Å². The number of H-pyrrole nitrogens is 4.